The highest BCUT2D eigenvalue weighted by atomic mass is 79.9. The van der Waals surface area contributed by atoms with Crippen molar-refractivity contribution in [2.75, 3.05) is 23.9 Å². The number of anilines is 2. The van der Waals surface area contributed by atoms with Gasteiger partial charge in [-0.15, -0.1) is 0 Å². The number of nitrogens with zero attached hydrogens (tertiary/aromatic N) is 1. The molecule has 2 amide bonds. The molecule has 7 heteroatoms. The molecule has 0 unspecified atom stereocenters. The van der Waals surface area contributed by atoms with E-state index >= 15 is 0 Å². The molecule has 1 heterocycles. The lowest BCUT2D eigenvalue weighted by atomic mass is 10.1. The molecule has 1 aliphatic rings. The summed E-state index contributed by atoms with van der Waals surface area (Å²) in [5, 5.41) is 3.41. The maximum Gasteiger partial charge on any atom is 0.229 e. The normalized spacial score (nSPS) is 16.7. The minimum Gasteiger partial charge on any atom is -0.497 e. The average Bonchev–Trinajstić information content (AvgIpc) is 3.01. The number of methoxy groups -OCH3 is 1. The molecular weight excluding hydrogens is 420 g/mol. The minimum absolute atomic E-state index is 0.0686. The molecule has 0 bridgehead atoms. The highest BCUT2D eigenvalue weighted by molar-refractivity contribution is 9.10. The number of hydrogen-bond donors (Lipinski definition) is 1. The number of carbonyl (C=O) groups is 2. The van der Waals surface area contributed by atoms with E-state index in [0.29, 0.717) is 17.3 Å². The van der Waals surface area contributed by atoms with E-state index in [1.54, 1.807) is 30.2 Å². The third-order valence-corrected chi connectivity index (χ3v) is 5.60. The Labute approximate surface area is 165 Å². The standard InChI is InChI=1S/C19H18BrClN2O3/c1-11-7-15(20)16(21)9-17(11)22-19(25)12-8-18(24)23(10-12)13-3-5-14(26-2)6-4-13/h3-7,9,12H,8,10H2,1-2H3,(H,22,25)/t12-/m1/s1. The Kier molecular flexibility index (Phi) is 5.53. The van der Waals surface area contributed by atoms with Crippen LogP contribution < -0.4 is 15.0 Å². The van der Waals surface area contributed by atoms with Crippen LogP contribution in [0.25, 0.3) is 0 Å². The molecule has 0 aliphatic carbocycles. The Balaban J connectivity index is 1.71. The van der Waals surface area contributed by atoms with Crippen molar-refractivity contribution in [3.8, 4) is 5.75 Å². The zero-order valence-corrected chi connectivity index (χ0v) is 16.7. The van der Waals surface area contributed by atoms with Gasteiger partial charge in [-0.3, -0.25) is 9.59 Å². The number of halogens is 2. The topological polar surface area (TPSA) is 58.6 Å². The summed E-state index contributed by atoms with van der Waals surface area (Å²) in [5.41, 5.74) is 2.30. The van der Waals surface area contributed by atoms with Gasteiger partial charge in [-0.1, -0.05) is 11.6 Å². The van der Waals surface area contributed by atoms with Gasteiger partial charge in [0.1, 0.15) is 5.75 Å². The Morgan fingerprint density at radius 2 is 2.00 bits per heavy atom. The number of amides is 2. The summed E-state index contributed by atoms with van der Waals surface area (Å²) in [7, 11) is 1.59. The van der Waals surface area contributed by atoms with Gasteiger partial charge in [0, 0.05) is 28.8 Å². The first-order valence-electron chi connectivity index (χ1n) is 8.10. The number of hydrogen-bond acceptors (Lipinski definition) is 3. The van der Waals surface area contributed by atoms with Gasteiger partial charge in [0.05, 0.1) is 18.1 Å². The van der Waals surface area contributed by atoms with Crippen molar-refractivity contribution >= 4 is 50.7 Å². The molecule has 1 saturated heterocycles. The van der Waals surface area contributed by atoms with Crippen molar-refractivity contribution in [1.29, 1.82) is 0 Å². The summed E-state index contributed by atoms with van der Waals surface area (Å²) in [6, 6.07) is 10.8. The lowest BCUT2D eigenvalue weighted by molar-refractivity contribution is -0.122. The van der Waals surface area contributed by atoms with E-state index in [4.69, 9.17) is 16.3 Å². The van der Waals surface area contributed by atoms with Crippen LogP contribution >= 0.6 is 27.5 Å². The molecule has 26 heavy (non-hydrogen) atoms. The van der Waals surface area contributed by atoms with Crippen LogP contribution in [0.1, 0.15) is 12.0 Å². The van der Waals surface area contributed by atoms with E-state index in [2.05, 4.69) is 21.2 Å². The summed E-state index contributed by atoms with van der Waals surface area (Å²) in [4.78, 5) is 26.6. The first-order valence-corrected chi connectivity index (χ1v) is 9.27. The Morgan fingerprint density at radius 3 is 2.65 bits per heavy atom. The van der Waals surface area contributed by atoms with Gasteiger partial charge < -0.3 is 15.0 Å². The number of benzene rings is 2. The molecule has 5 nitrogen and oxygen atoms in total. The molecule has 0 saturated carbocycles. The fraction of sp³-hybridized carbons (Fsp3) is 0.263. The van der Waals surface area contributed by atoms with Gasteiger partial charge >= 0.3 is 0 Å². The zero-order chi connectivity index (χ0) is 18.8. The Morgan fingerprint density at radius 1 is 1.31 bits per heavy atom. The van der Waals surface area contributed by atoms with E-state index in [1.807, 2.05) is 25.1 Å². The molecule has 2 aromatic rings. The molecular formula is C19H18BrClN2O3. The molecule has 2 aromatic carbocycles. The van der Waals surface area contributed by atoms with Gasteiger partial charge in [0.2, 0.25) is 11.8 Å². The molecule has 1 atom stereocenters. The van der Waals surface area contributed by atoms with Crippen LogP contribution in [0.3, 0.4) is 0 Å². The second-order valence-electron chi connectivity index (χ2n) is 6.17. The first-order chi connectivity index (χ1) is 12.4. The number of carbonyl (C=O) groups excluding carboxylic acids is 2. The van der Waals surface area contributed by atoms with Gasteiger partial charge in [0.25, 0.3) is 0 Å². The van der Waals surface area contributed by atoms with Crippen LogP contribution in [0.4, 0.5) is 11.4 Å². The number of rotatable bonds is 4. The maximum atomic E-state index is 12.6. The van der Waals surface area contributed by atoms with E-state index in [1.165, 1.54) is 0 Å². The fourth-order valence-electron chi connectivity index (χ4n) is 2.91. The molecule has 1 aliphatic heterocycles. The monoisotopic (exact) mass is 436 g/mol. The van der Waals surface area contributed by atoms with Crippen LogP contribution in [0.2, 0.25) is 5.02 Å². The van der Waals surface area contributed by atoms with Crippen LogP contribution in [-0.2, 0) is 9.59 Å². The van der Waals surface area contributed by atoms with Gasteiger partial charge in [-0.2, -0.15) is 0 Å². The summed E-state index contributed by atoms with van der Waals surface area (Å²) in [6.45, 7) is 2.24. The molecule has 0 aromatic heterocycles. The molecule has 1 N–H and O–H groups in total. The lowest BCUT2D eigenvalue weighted by Crippen LogP contribution is -2.28. The van der Waals surface area contributed by atoms with Gasteiger partial charge in [0.15, 0.2) is 0 Å². The second kappa shape index (κ2) is 7.68. The lowest BCUT2D eigenvalue weighted by Gasteiger charge is -2.17. The highest BCUT2D eigenvalue weighted by Crippen LogP contribution is 2.31. The SMILES string of the molecule is COc1ccc(N2C[C@H](C(=O)Nc3cc(Cl)c(Br)cc3C)CC2=O)cc1. The third-order valence-electron chi connectivity index (χ3n) is 4.41. The first kappa shape index (κ1) is 18.7. The van der Waals surface area contributed by atoms with E-state index in [9.17, 15) is 9.59 Å². The van der Waals surface area contributed by atoms with Crippen molar-refractivity contribution in [1.82, 2.24) is 0 Å². The zero-order valence-electron chi connectivity index (χ0n) is 14.4. The van der Waals surface area contributed by atoms with Crippen LogP contribution in [-0.4, -0.2) is 25.5 Å². The van der Waals surface area contributed by atoms with E-state index in [0.717, 1.165) is 21.5 Å². The van der Waals surface area contributed by atoms with Crippen LogP contribution in [0.15, 0.2) is 40.9 Å². The predicted octanol–water partition coefficient (Wildman–Crippen LogP) is 4.41. The van der Waals surface area contributed by atoms with Crippen molar-refractivity contribution < 1.29 is 14.3 Å². The molecule has 3 rings (SSSR count). The van der Waals surface area contributed by atoms with Gasteiger partial charge in [-0.05, 0) is 64.8 Å². The largest absolute Gasteiger partial charge is 0.497 e. The van der Waals surface area contributed by atoms with E-state index in [-0.39, 0.29) is 18.2 Å². The molecule has 0 radical (unpaired) electrons. The fourth-order valence-corrected chi connectivity index (χ4v) is 3.53. The summed E-state index contributed by atoms with van der Waals surface area (Å²) in [5.74, 6) is 0.0560. The van der Waals surface area contributed by atoms with Crippen molar-refractivity contribution in [3.05, 3.63) is 51.5 Å². The highest BCUT2D eigenvalue weighted by Gasteiger charge is 2.35. The Hall–Kier alpha value is -2.05. The number of ether oxygens (including phenoxy) is 1. The average molecular weight is 438 g/mol. The molecule has 1 fully saturated rings. The number of aryl methyl sites for hydroxylation is 1. The summed E-state index contributed by atoms with van der Waals surface area (Å²) in [6.07, 6.45) is 0.182. The van der Waals surface area contributed by atoms with Crippen LogP contribution in [0, 0.1) is 12.8 Å². The predicted molar refractivity (Wildman–Crippen MR) is 106 cm³/mol. The summed E-state index contributed by atoms with van der Waals surface area (Å²) >= 11 is 9.47. The number of nitrogens with one attached hydrogen (secondary N) is 1. The quantitative estimate of drug-likeness (QED) is 0.771. The third kappa shape index (κ3) is 3.86. The van der Waals surface area contributed by atoms with Crippen molar-refractivity contribution in [2.24, 2.45) is 5.92 Å². The smallest absolute Gasteiger partial charge is 0.229 e. The minimum atomic E-state index is -0.411. The Bertz CT molecular complexity index is 855. The summed E-state index contributed by atoms with van der Waals surface area (Å²) < 4.78 is 5.91. The van der Waals surface area contributed by atoms with E-state index < -0.39 is 5.92 Å². The van der Waals surface area contributed by atoms with Crippen LogP contribution in [0.5, 0.6) is 5.75 Å². The molecule has 0 spiro atoms. The maximum absolute atomic E-state index is 12.6. The molecule has 136 valence electrons. The van der Waals surface area contributed by atoms with Crippen molar-refractivity contribution in [2.45, 2.75) is 13.3 Å². The second-order valence-corrected chi connectivity index (χ2v) is 7.44. The van der Waals surface area contributed by atoms with Crippen molar-refractivity contribution in [3.63, 3.8) is 0 Å². The van der Waals surface area contributed by atoms with Gasteiger partial charge in [-0.25, -0.2) is 0 Å².